The minimum Gasteiger partial charge on any atom is -0.486 e. The Balaban J connectivity index is 1.39. The van der Waals surface area contributed by atoms with Crippen molar-refractivity contribution in [3.8, 4) is 5.75 Å². The molecule has 1 aliphatic heterocycles. The number of ether oxygens (including phenoxy) is 2. The van der Waals surface area contributed by atoms with Crippen molar-refractivity contribution in [3.05, 3.63) is 60.4 Å². The van der Waals surface area contributed by atoms with Gasteiger partial charge in [-0.15, -0.1) is 0 Å². The number of aryl methyl sites for hydroxylation is 1. The number of benzene rings is 1. The zero-order valence-corrected chi connectivity index (χ0v) is 15.8. The van der Waals surface area contributed by atoms with E-state index in [0.717, 1.165) is 43.2 Å². The lowest BCUT2D eigenvalue weighted by atomic mass is 10.2. The predicted octanol–water partition coefficient (Wildman–Crippen LogP) is 3.51. The molecule has 1 aliphatic rings. The minimum absolute atomic E-state index is 0.0611. The molecule has 1 unspecified atom stereocenters. The molecule has 28 heavy (non-hydrogen) atoms. The van der Waals surface area contributed by atoms with Crippen molar-refractivity contribution in [3.63, 3.8) is 0 Å². The number of rotatable bonds is 9. The lowest BCUT2D eigenvalue weighted by Crippen LogP contribution is -2.20. The van der Waals surface area contributed by atoms with E-state index in [1.165, 1.54) is 0 Å². The summed E-state index contributed by atoms with van der Waals surface area (Å²) >= 11 is 0. The molecule has 0 saturated carbocycles. The number of hydrogen-bond donors (Lipinski definition) is 1. The van der Waals surface area contributed by atoms with Crippen LogP contribution in [-0.4, -0.2) is 41.0 Å². The van der Waals surface area contributed by atoms with Crippen LogP contribution >= 0.6 is 0 Å². The van der Waals surface area contributed by atoms with Crippen molar-refractivity contribution in [2.45, 2.75) is 31.8 Å². The van der Waals surface area contributed by atoms with Crippen LogP contribution in [-0.2, 0) is 16.0 Å². The van der Waals surface area contributed by atoms with Gasteiger partial charge in [-0.05, 0) is 37.1 Å². The second-order valence-electron chi connectivity index (χ2n) is 6.99. The van der Waals surface area contributed by atoms with Crippen molar-refractivity contribution in [2.75, 3.05) is 25.1 Å². The van der Waals surface area contributed by atoms with E-state index < -0.39 is 0 Å². The predicted molar refractivity (Wildman–Crippen MR) is 108 cm³/mol. The molecule has 0 bridgehead atoms. The molecular formula is C22H25N3O3. The number of carbonyl (C=O) groups excluding carboxylic acids is 1. The molecule has 0 aliphatic carbocycles. The van der Waals surface area contributed by atoms with E-state index in [2.05, 4.69) is 5.32 Å². The Labute approximate surface area is 164 Å². The summed E-state index contributed by atoms with van der Waals surface area (Å²) in [7, 11) is 0. The van der Waals surface area contributed by atoms with Gasteiger partial charge < -0.3 is 14.8 Å². The summed E-state index contributed by atoms with van der Waals surface area (Å²) in [6.07, 6.45) is 5.39. The summed E-state index contributed by atoms with van der Waals surface area (Å²) in [5.41, 5.74) is 1.78. The zero-order chi connectivity index (χ0) is 19.2. The van der Waals surface area contributed by atoms with E-state index >= 15 is 0 Å². The molecular weight excluding hydrogens is 354 g/mol. The number of anilines is 1. The average molecular weight is 379 g/mol. The highest BCUT2D eigenvalue weighted by Gasteiger charge is 2.18. The number of fused-ring (bicyclic) bond motifs is 1. The van der Waals surface area contributed by atoms with Crippen LogP contribution in [0.1, 0.15) is 25.0 Å². The first-order valence-electron chi connectivity index (χ1n) is 9.80. The number of aromatic nitrogens is 2. The summed E-state index contributed by atoms with van der Waals surface area (Å²) in [5.74, 6) is 1.72. The number of pyridine rings is 1. The van der Waals surface area contributed by atoms with Crippen molar-refractivity contribution in [1.29, 1.82) is 0 Å². The summed E-state index contributed by atoms with van der Waals surface area (Å²) < 4.78 is 13.3. The number of nitrogens with zero attached hydrogens (tertiary/aromatic N) is 2. The van der Waals surface area contributed by atoms with Crippen molar-refractivity contribution < 1.29 is 14.3 Å². The van der Waals surface area contributed by atoms with Crippen LogP contribution in [0, 0.1) is 0 Å². The largest absolute Gasteiger partial charge is 0.486 e. The topological polar surface area (TPSA) is 64.9 Å². The maximum absolute atomic E-state index is 12.3. The van der Waals surface area contributed by atoms with Crippen molar-refractivity contribution in [1.82, 2.24) is 9.38 Å². The first-order valence-corrected chi connectivity index (χ1v) is 9.80. The fourth-order valence-corrected chi connectivity index (χ4v) is 3.43. The fraction of sp³-hybridized carbons (Fsp3) is 0.364. The van der Waals surface area contributed by atoms with Gasteiger partial charge in [0.25, 0.3) is 0 Å². The Hall–Kier alpha value is -2.86. The number of imidazole rings is 1. The van der Waals surface area contributed by atoms with Gasteiger partial charge >= 0.3 is 0 Å². The molecule has 1 saturated heterocycles. The molecule has 1 N–H and O–H groups in total. The van der Waals surface area contributed by atoms with Gasteiger partial charge in [0, 0.05) is 32.2 Å². The summed E-state index contributed by atoms with van der Waals surface area (Å²) in [5, 5.41) is 3.49. The van der Waals surface area contributed by atoms with Crippen LogP contribution in [0.25, 0.3) is 5.65 Å². The third-order valence-electron chi connectivity index (χ3n) is 4.91. The van der Waals surface area contributed by atoms with Gasteiger partial charge in [-0.3, -0.25) is 9.20 Å². The van der Waals surface area contributed by atoms with E-state index in [0.29, 0.717) is 18.6 Å². The fourth-order valence-electron chi connectivity index (χ4n) is 3.43. The first-order chi connectivity index (χ1) is 13.8. The molecule has 4 rings (SSSR count). The Morgan fingerprint density at radius 2 is 2.07 bits per heavy atom. The van der Waals surface area contributed by atoms with Gasteiger partial charge in [0.1, 0.15) is 23.8 Å². The van der Waals surface area contributed by atoms with Gasteiger partial charge in [-0.1, -0.05) is 24.3 Å². The van der Waals surface area contributed by atoms with Crippen LogP contribution < -0.4 is 10.1 Å². The summed E-state index contributed by atoms with van der Waals surface area (Å²) in [6, 6.07) is 15.3. The molecule has 6 nitrogen and oxygen atoms in total. The molecule has 146 valence electrons. The van der Waals surface area contributed by atoms with E-state index in [-0.39, 0.29) is 18.5 Å². The minimum atomic E-state index is 0.0611. The van der Waals surface area contributed by atoms with Crippen LogP contribution in [0.2, 0.25) is 0 Å². The van der Waals surface area contributed by atoms with Gasteiger partial charge in [-0.2, -0.15) is 0 Å². The van der Waals surface area contributed by atoms with Crippen LogP contribution in [0.15, 0.2) is 54.7 Å². The Kier molecular flexibility index (Phi) is 5.87. The molecule has 1 fully saturated rings. The van der Waals surface area contributed by atoms with Crippen molar-refractivity contribution in [2.24, 2.45) is 0 Å². The van der Waals surface area contributed by atoms with Crippen molar-refractivity contribution >= 4 is 17.2 Å². The highest BCUT2D eigenvalue weighted by atomic mass is 16.5. The monoisotopic (exact) mass is 379 g/mol. The van der Waals surface area contributed by atoms with E-state index in [4.69, 9.17) is 14.5 Å². The number of nitrogens with one attached hydrogen (secondary N) is 1. The molecule has 2 aromatic heterocycles. The molecule has 1 atom stereocenters. The standard InChI is InChI=1S/C22H25N3O3/c26-17(16-28-18-7-2-1-3-8-18)11-12-20-22(23-15-19-9-6-14-27-19)25-13-5-4-10-21(25)24-20/h1-5,7-8,10,13,19,23H,6,9,11-12,14-16H2. The maximum Gasteiger partial charge on any atom is 0.170 e. The number of carbonyl (C=O) groups is 1. The first kappa shape index (κ1) is 18.5. The molecule has 0 amide bonds. The van der Waals surface area contributed by atoms with E-state index in [1.54, 1.807) is 0 Å². The van der Waals surface area contributed by atoms with E-state index in [1.807, 2.05) is 59.1 Å². The van der Waals surface area contributed by atoms with Gasteiger partial charge in [0.15, 0.2) is 5.78 Å². The van der Waals surface area contributed by atoms with E-state index in [9.17, 15) is 4.79 Å². The lowest BCUT2D eigenvalue weighted by Gasteiger charge is -2.13. The van der Waals surface area contributed by atoms with Crippen LogP contribution in [0.5, 0.6) is 5.75 Å². The van der Waals surface area contributed by atoms with Crippen LogP contribution in [0.4, 0.5) is 5.82 Å². The Morgan fingerprint density at radius 3 is 2.89 bits per heavy atom. The normalized spacial score (nSPS) is 16.4. The maximum atomic E-state index is 12.3. The second kappa shape index (κ2) is 8.89. The average Bonchev–Trinajstić information content (AvgIpc) is 3.37. The van der Waals surface area contributed by atoms with Gasteiger partial charge in [-0.25, -0.2) is 4.98 Å². The Morgan fingerprint density at radius 1 is 1.21 bits per heavy atom. The third-order valence-corrected chi connectivity index (χ3v) is 4.91. The van der Waals surface area contributed by atoms with Gasteiger partial charge in [0.2, 0.25) is 0 Å². The lowest BCUT2D eigenvalue weighted by molar-refractivity contribution is -0.121. The smallest absolute Gasteiger partial charge is 0.170 e. The molecule has 0 radical (unpaired) electrons. The molecule has 1 aromatic carbocycles. The highest BCUT2D eigenvalue weighted by molar-refractivity contribution is 5.80. The molecule has 6 heteroatoms. The SMILES string of the molecule is O=C(CCc1nc2ccccn2c1NCC1CCCO1)COc1ccccc1. The number of para-hydroxylation sites is 1. The Bertz CT molecular complexity index is 917. The quantitative estimate of drug-likeness (QED) is 0.616. The molecule has 3 heterocycles. The number of hydrogen-bond acceptors (Lipinski definition) is 5. The summed E-state index contributed by atoms with van der Waals surface area (Å²) in [4.78, 5) is 17.0. The van der Waals surface area contributed by atoms with Crippen LogP contribution in [0.3, 0.4) is 0 Å². The molecule has 3 aromatic rings. The summed E-state index contributed by atoms with van der Waals surface area (Å²) in [6.45, 7) is 1.67. The number of Topliss-reactive ketones (excluding diaryl/α,β-unsaturated/α-hetero) is 1. The zero-order valence-electron chi connectivity index (χ0n) is 15.8. The highest BCUT2D eigenvalue weighted by Crippen LogP contribution is 2.21. The number of ketones is 1. The van der Waals surface area contributed by atoms with Gasteiger partial charge in [0.05, 0.1) is 11.8 Å². The third kappa shape index (κ3) is 4.51. The molecule has 0 spiro atoms. The second-order valence-corrected chi connectivity index (χ2v) is 6.99.